The fourth-order valence-electron chi connectivity index (χ4n) is 7.59. The number of nitrogens with zero attached hydrogens (tertiary/aromatic N) is 2. The van der Waals surface area contributed by atoms with Crippen LogP contribution in [0, 0.1) is 17.8 Å². The third kappa shape index (κ3) is 21.5. The minimum Gasteiger partial charge on any atom is -0.394 e. The average molecular weight is 1010 g/mol. The fraction of sp³-hybridized carbons (Fsp3) is 0.733. The van der Waals surface area contributed by atoms with E-state index in [1.165, 1.54) is 11.8 Å². The largest absolute Gasteiger partial charge is 0.394 e. The molecule has 0 aromatic carbocycles. The van der Waals surface area contributed by atoms with E-state index >= 15 is 0 Å². The molecule has 1 fully saturated rings. The molecule has 10 atom stereocenters. The Morgan fingerprint density at radius 2 is 1.06 bits per heavy atom. The van der Waals surface area contributed by atoms with Crippen molar-refractivity contribution in [1.82, 2.24) is 47.4 Å². The summed E-state index contributed by atoms with van der Waals surface area (Å²) in [5.41, 5.74) is 21.6. The quantitative estimate of drug-likeness (QED) is 0.0173. The number of aliphatic hydroxyl groups is 1. The minimum absolute atomic E-state index is 0.0587. The van der Waals surface area contributed by atoms with E-state index in [1.54, 1.807) is 48.5 Å². The Bertz CT molecular complexity index is 1900. The molecule has 1 aliphatic heterocycles. The summed E-state index contributed by atoms with van der Waals surface area (Å²) in [6, 6.07) is -10.4. The highest BCUT2D eigenvalue weighted by Gasteiger charge is 2.40. The van der Waals surface area contributed by atoms with Gasteiger partial charge in [-0.3, -0.25) is 57.7 Å². The molecular weight excluding hydrogens is 929 g/mol. The molecule has 0 bridgehead atoms. The van der Waals surface area contributed by atoms with Gasteiger partial charge >= 0.3 is 0 Å². The summed E-state index contributed by atoms with van der Waals surface area (Å²) >= 11 is 0. The summed E-state index contributed by atoms with van der Waals surface area (Å²) in [5, 5.41) is 30.9. The van der Waals surface area contributed by atoms with Crippen molar-refractivity contribution >= 4 is 70.9 Å². The van der Waals surface area contributed by atoms with Crippen molar-refractivity contribution in [2.75, 3.05) is 26.2 Å². The maximum atomic E-state index is 14.2. The molecule has 1 saturated heterocycles. The first-order valence-corrected chi connectivity index (χ1v) is 24.2. The molecule has 1 rings (SSSR count). The lowest BCUT2D eigenvalue weighted by molar-refractivity contribution is -0.142. The second-order valence-electron chi connectivity index (χ2n) is 18.1. The Balaban J connectivity index is 3.41. The van der Waals surface area contributed by atoms with Crippen LogP contribution in [0.2, 0.25) is 0 Å². The zero-order chi connectivity index (χ0) is 54.1. The summed E-state index contributed by atoms with van der Waals surface area (Å²) in [4.78, 5) is 150. The van der Waals surface area contributed by atoms with Crippen LogP contribution in [0.3, 0.4) is 0 Å². The molecule has 1 heterocycles. The smallest absolute Gasteiger partial charge is 0.245 e. The van der Waals surface area contributed by atoms with Crippen molar-refractivity contribution < 1.29 is 57.8 Å². The van der Waals surface area contributed by atoms with Gasteiger partial charge in [-0.25, -0.2) is 0 Å². The molecule has 0 radical (unpaired) electrons. The molecular formula is C45H80N14O12. The van der Waals surface area contributed by atoms with E-state index in [1.807, 2.05) is 0 Å². The summed E-state index contributed by atoms with van der Waals surface area (Å²) in [5.74, 6) is -10.2. The predicted octanol–water partition coefficient (Wildman–Crippen LogP) is -4.15. The Morgan fingerprint density at radius 1 is 0.606 bits per heavy atom. The summed E-state index contributed by atoms with van der Waals surface area (Å²) in [7, 11) is 0. The van der Waals surface area contributed by atoms with Crippen LogP contribution in [-0.2, 0) is 52.7 Å². The van der Waals surface area contributed by atoms with Crippen LogP contribution >= 0.6 is 0 Å². The van der Waals surface area contributed by atoms with E-state index in [0.29, 0.717) is 32.2 Å². The number of guanidine groups is 1. The van der Waals surface area contributed by atoms with Crippen molar-refractivity contribution in [3.05, 3.63) is 0 Å². The number of aliphatic hydroxyl groups excluding tert-OH is 1. The first-order chi connectivity index (χ1) is 33.3. The zero-order valence-electron chi connectivity index (χ0n) is 42.4. The first kappa shape index (κ1) is 62.4. The van der Waals surface area contributed by atoms with Crippen molar-refractivity contribution in [2.45, 2.75) is 168 Å². The van der Waals surface area contributed by atoms with Crippen LogP contribution in [-0.4, -0.2) is 156 Å². The van der Waals surface area contributed by atoms with Crippen LogP contribution in [0.1, 0.15) is 120 Å². The van der Waals surface area contributed by atoms with Crippen LogP contribution in [0.4, 0.5) is 0 Å². The fourth-order valence-corrected chi connectivity index (χ4v) is 7.59. The van der Waals surface area contributed by atoms with E-state index in [2.05, 4.69) is 47.5 Å². The Morgan fingerprint density at radius 3 is 1.51 bits per heavy atom. The van der Waals surface area contributed by atoms with Gasteiger partial charge in [0.15, 0.2) is 5.96 Å². The number of carbonyl (C=O) groups excluding carboxylic acids is 11. The molecule has 0 saturated carbocycles. The number of nitrogens with one attached hydrogen (secondary N) is 8. The molecule has 17 N–H and O–H groups in total. The maximum absolute atomic E-state index is 14.2. The molecule has 0 unspecified atom stereocenters. The summed E-state index contributed by atoms with van der Waals surface area (Å²) in [6.45, 7) is 12.7. The predicted molar refractivity (Wildman–Crippen MR) is 260 cm³/mol. The molecule has 0 aliphatic carbocycles. The number of hydrogen-bond acceptors (Lipinski definition) is 13. The summed E-state index contributed by atoms with van der Waals surface area (Å²) < 4.78 is 0. The third-order valence-electron chi connectivity index (χ3n) is 12.1. The van der Waals surface area contributed by atoms with Crippen molar-refractivity contribution in [1.29, 1.82) is 0 Å². The van der Waals surface area contributed by atoms with Crippen LogP contribution in [0.5, 0.6) is 0 Å². The maximum Gasteiger partial charge on any atom is 0.245 e. The SMILES string of the molecule is CCNC(=O)[C@@H]1CCCN1C(=O)[C@H](CCCN=C(N)N)NC(=O)[C@@H](NC(=O)[C@H](CCC(N)=O)NC(=O)[C@H](CO)NC(=O)[C@H](NC(=O)[C@@H](NC(=O)[C@H](CCC(N)=O)NC(C)=O)C(C)C)[C@H](C)CC)[C@@H](C)CC. The molecule has 26 heteroatoms. The zero-order valence-corrected chi connectivity index (χ0v) is 42.4. The number of amides is 11. The number of aliphatic imine (C=N–C) groups is 1. The number of rotatable bonds is 32. The second-order valence-corrected chi connectivity index (χ2v) is 18.1. The molecule has 0 aromatic rings. The summed E-state index contributed by atoms with van der Waals surface area (Å²) in [6.07, 6.45) is 0.753. The number of likely N-dealkylation sites (tertiary alicyclic amines) is 1. The van der Waals surface area contributed by atoms with Crippen molar-refractivity contribution in [3.8, 4) is 0 Å². The monoisotopic (exact) mass is 1010 g/mol. The van der Waals surface area contributed by atoms with Gasteiger partial charge in [0.1, 0.15) is 48.3 Å². The normalized spacial score (nSPS) is 17.0. The van der Waals surface area contributed by atoms with Gasteiger partial charge in [0.25, 0.3) is 0 Å². The number of nitrogens with two attached hydrogens (primary N) is 4. The van der Waals surface area contributed by atoms with Gasteiger partial charge in [0.05, 0.1) is 6.61 Å². The van der Waals surface area contributed by atoms with E-state index in [-0.39, 0.29) is 57.1 Å². The molecule has 71 heavy (non-hydrogen) atoms. The topological polar surface area (TPSA) is 424 Å². The molecule has 402 valence electrons. The van der Waals surface area contributed by atoms with Crippen molar-refractivity contribution in [3.63, 3.8) is 0 Å². The van der Waals surface area contributed by atoms with E-state index in [9.17, 15) is 57.8 Å². The van der Waals surface area contributed by atoms with Gasteiger partial charge in [-0.15, -0.1) is 0 Å². The van der Waals surface area contributed by atoms with Crippen LogP contribution in [0.15, 0.2) is 4.99 Å². The number of hydrogen-bond donors (Lipinski definition) is 13. The highest BCUT2D eigenvalue weighted by molar-refractivity contribution is 5.98. The van der Waals surface area contributed by atoms with Gasteiger partial charge in [-0.2, -0.15) is 0 Å². The molecule has 0 aromatic heterocycles. The highest BCUT2D eigenvalue weighted by atomic mass is 16.3. The van der Waals surface area contributed by atoms with Crippen molar-refractivity contribution in [2.24, 2.45) is 45.7 Å². The van der Waals surface area contributed by atoms with Gasteiger partial charge < -0.3 is 75.5 Å². The Labute approximate surface area is 415 Å². The van der Waals surface area contributed by atoms with Gasteiger partial charge in [-0.05, 0) is 63.2 Å². The van der Waals surface area contributed by atoms with E-state index < -0.39 is 138 Å². The minimum atomic E-state index is -1.73. The van der Waals surface area contributed by atoms with E-state index in [4.69, 9.17) is 22.9 Å². The van der Waals surface area contributed by atoms with Gasteiger partial charge in [-0.1, -0.05) is 54.4 Å². The molecule has 11 amide bonds. The lowest BCUT2D eigenvalue weighted by Gasteiger charge is -2.31. The van der Waals surface area contributed by atoms with Crippen LogP contribution in [0.25, 0.3) is 0 Å². The number of primary amides is 2. The lowest BCUT2D eigenvalue weighted by Crippen LogP contribution is -2.62. The first-order valence-electron chi connectivity index (χ1n) is 24.2. The third-order valence-corrected chi connectivity index (χ3v) is 12.1. The van der Waals surface area contributed by atoms with Gasteiger partial charge in [0.2, 0.25) is 65.0 Å². The average Bonchev–Trinajstić information content (AvgIpc) is 3.81. The highest BCUT2D eigenvalue weighted by Crippen LogP contribution is 2.21. The van der Waals surface area contributed by atoms with Crippen LogP contribution < -0.4 is 65.5 Å². The lowest BCUT2D eigenvalue weighted by atomic mass is 9.96. The second kappa shape index (κ2) is 31.6. The number of likely N-dealkylation sites (N-methyl/N-ethyl adjacent to an activating group) is 1. The Kier molecular flexibility index (Phi) is 27.8. The molecule has 0 spiro atoms. The van der Waals surface area contributed by atoms with E-state index in [0.717, 1.165) is 0 Å². The molecule has 1 aliphatic rings. The van der Waals surface area contributed by atoms with Gasteiger partial charge in [0, 0.05) is 39.4 Å². The standard InChI is InChI=1S/C45H80N14O12/c1-9-24(6)35(42(69)54-29(14-12-20-51-45(48)49)44(71)59-21-13-15-31(59)40(67)50-11-3)57-38(65)28(17-19-33(47)63)53-39(66)30(22-60)55-43(70)36(25(7)10-2)58-41(68)34(23(4)5)56-37(64)27(52-26(8)61)16-18-32(46)62/h23-25,27-31,34-36,60H,9-22H2,1-8H3,(H2,46,62)(H2,47,63)(H,50,67)(H,52,61)(H,53,66)(H,54,69)(H,55,70)(H,56,64)(H,57,65)(H,58,68)(H4,48,49,51)/t24-,25+,27-,28-,29-,30-,31-,34-,35-,36+/m0/s1. The Hall–Kier alpha value is -6.60. The molecule has 26 nitrogen and oxygen atoms in total. The number of carbonyl (C=O) groups is 11.